The molecule has 1 rings (SSSR count). The van der Waals surface area contributed by atoms with E-state index >= 15 is 0 Å². The number of rotatable bonds is 6. The molecule has 1 aromatic rings. The number of hydrogen-bond acceptors (Lipinski definition) is 1. The third-order valence-corrected chi connectivity index (χ3v) is 2.91. The molecule has 0 fully saturated rings. The summed E-state index contributed by atoms with van der Waals surface area (Å²) < 4.78 is 0. The predicted molar refractivity (Wildman–Crippen MR) is 81.6 cm³/mol. The number of anilines is 1. The van der Waals surface area contributed by atoms with E-state index in [1.54, 1.807) is 0 Å². The lowest BCUT2D eigenvalue weighted by atomic mass is 9.95. The van der Waals surface area contributed by atoms with Crippen LogP contribution in [0.25, 0.3) is 0 Å². The Hall–Kier alpha value is -1.76. The van der Waals surface area contributed by atoms with Crippen molar-refractivity contribution in [3.05, 3.63) is 66.4 Å². The van der Waals surface area contributed by atoms with E-state index in [0.29, 0.717) is 5.92 Å². The number of allylic oxidation sites excluding steroid dienone is 3. The molecule has 0 aliphatic carbocycles. The minimum Gasteiger partial charge on any atom is -0.356 e. The van der Waals surface area contributed by atoms with Gasteiger partial charge in [-0.1, -0.05) is 42.8 Å². The van der Waals surface area contributed by atoms with Crippen LogP contribution in [0, 0.1) is 5.92 Å². The summed E-state index contributed by atoms with van der Waals surface area (Å²) in [6.45, 7) is 14.4. The fourth-order valence-electron chi connectivity index (χ4n) is 1.84. The van der Waals surface area contributed by atoms with Gasteiger partial charge in [0.2, 0.25) is 0 Å². The molecule has 0 bridgehead atoms. The molecule has 0 heterocycles. The van der Waals surface area contributed by atoms with E-state index in [2.05, 4.69) is 45.3 Å². The van der Waals surface area contributed by atoms with Crippen molar-refractivity contribution in [2.75, 3.05) is 5.32 Å². The van der Waals surface area contributed by atoms with Gasteiger partial charge in [0.25, 0.3) is 0 Å². The van der Waals surface area contributed by atoms with Crippen molar-refractivity contribution in [3.63, 3.8) is 0 Å². The molecule has 18 heavy (non-hydrogen) atoms. The van der Waals surface area contributed by atoms with E-state index < -0.39 is 0 Å². The lowest BCUT2D eigenvalue weighted by molar-refractivity contribution is 0.673. The first-order valence-corrected chi connectivity index (χ1v) is 6.32. The molecule has 0 aliphatic heterocycles. The van der Waals surface area contributed by atoms with E-state index in [0.717, 1.165) is 17.8 Å². The van der Waals surface area contributed by atoms with Gasteiger partial charge in [-0.3, -0.25) is 0 Å². The monoisotopic (exact) mass is 241 g/mol. The van der Waals surface area contributed by atoms with Crippen LogP contribution in [0.1, 0.15) is 27.2 Å². The van der Waals surface area contributed by atoms with E-state index in [-0.39, 0.29) is 0 Å². The molecule has 1 aromatic carbocycles. The van der Waals surface area contributed by atoms with Crippen LogP contribution in [0.2, 0.25) is 0 Å². The van der Waals surface area contributed by atoms with Crippen molar-refractivity contribution in [2.45, 2.75) is 27.2 Å². The van der Waals surface area contributed by atoms with Crippen LogP contribution < -0.4 is 5.32 Å². The van der Waals surface area contributed by atoms with Gasteiger partial charge in [0.15, 0.2) is 0 Å². The SMILES string of the molecule is C=C(C)CC(C)/C(C)=C/C(=C)Nc1ccccc1. The van der Waals surface area contributed by atoms with Crippen LogP contribution in [-0.4, -0.2) is 0 Å². The second-order valence-corrected chi connectivity index (χ2v) is 4.97. The van der Waals surface area contributed by atoms with Crippen LogP contribution in [-0.2, 0) is 0 Å². The normalized spacial score (nSPS) is 12.9. The Morgan fingerprint density at radius 1 is 1.22 bits per heavy atom. The highest BCUT2D eigenvalue weighted by Crippen LogP contribution is 2.19. The summed E-state index contributed by atoms with van der Waals surface area (Å²) in [7, 11) is 0. The first kappa shape index (κ1) is 14.3. The molecule has 0 amide bonds. The average Bonchev–Trinajstić information content (AvgIpc) is 2.29. The highest BCUT2D eigenvalue weighted by Gasteiger charge is 2.04. The first-order chi connectivity index (χ1) is 8.49. The van der Waals surface area contributed by atoms with Crippen LogP contribution in [0.5, 0.6) is 0 Å². The zero-order chi connectivity index (χ0) is 13.5. The Kier molecular flexibility index (Phi) is 5.44. The van der Waals surface area contributed by atoms with Gasteiger partial charge in [0.05, 0.1) is 0 Å². The van der Waals surface area contributed by atoms with Gasteiger partial charge in [-0.25, -0.2) is 0 Å². The summed E-state index contributed by atoms with van der Waals surface area (Å²) in [5.74, 6) is 0.511. The maximum atomic E-state index is 4.04. The molecule has 1 heteroatoms. The number of nitrogens with one attached hydrogen (secondary N) is 1. The van der Waals surface area contributed by atoms with E-state index in [1.165, 1.54) is 11.1 Å². The summed E-state index contributed by atoms with van der Waals surface area (Å²) >= 11 is 0. The summed E-state index contributed by atoms with van der Waals surface area (Å²) in [5, 5.41) is 3.29. The number of hydrogen-bond donors (Lipinski definition) is 1. The van der Waals surface area contributed by atoms with E-state index in [1.807, 2.05) is 30.3 Å². The fraction of sp³-hybridized carbons (Fsp3) is 0.294. The van der Waals surface area contributed by atoms with Crippen molar-refractivity contribution in [2.24, 2.45) is 5.92 Å². The second kappa shape index (κ2) is 6.85. The lowest BCUT2D eigenvalue weighted by Crippen LogP contribution is -2.01. The van der Waals surface area contributed by atoms with Crippen LogP contribution >= 0.6 is 0 Å². The molecule has 0 aromatic heterocycles. The highest BCUT2D eigenvalue weighted by molar-refractivity contribution is 5.50. The standard InChI is InChI=1S/C17H23N/c1-13(2)11-14(3)15(4)12-16(5)18-17-9-7-6-8-10-17/h6-10,12,14,18H,1,5,11H2,2-4H3/b15-12+. The molecule has 0 saturated heterocycles. The van der Waals surface area contributed by atoms with Crippen molar-refractivity contribution >= 4 is 5.69 Å². The first-order valence-electron chi connectivity index (χ1n) is 6.32. The fourth-order valence-corrected chi connectivity index (χ4v) is 1.84. The Bertz CT molecular complexity index is 440. The maximum Gasteiger partial charge on any atom is 0.0384 e. The molecule has 0 saturated carbocycles. The van der Waals surface area contributed by atoms with Crippen molar-refractivity contribution in [3.8, 4) is 0 Å². The quantitative estimate of drug-likeness (QED) is 0.535. The number of para-hydroxylation sites is 1. The van der Waals surface area contributed by atoms with Crippen LogP contribution in [0.4, 0.5) is 5.69 Å². The van der Waals surface area contributed by atoms with Gasteiger partial charge in [-0.15, -0.1) is 6.58 Å². The molecule has 1 unspecified atom stereocenters. The average molecular weight is 241 g/mol. The predicted octanol–water partition coefficient (Wildman–Crippen LogP) is 5.16. The van der Waals surface area contributed by atoms with Gasteiger partial charge in [-0.2, -0.15) is 0 Å². The molecular weight excluding hydrogens is 218 g/mol. The van der Waals surface area contributed by atoms with Crippen molar-refractivity contribution in [1.82, 2.24) is 0 Å². The highest BCUT2D eigenvalue weighted by atomic mass is 14.9. The largest absolute Gasteiger partial charge is 0.356 e. The summed E-state index contributed by atoms with van der Waals surface area (Å²) in [4.78, 5) is 0. The smallest absolute Gasteiger partial charge is 0.0384 e. The zero-order valence-corrected chi connectivity index (χ0v) is 11.7. The Morgan fingerprint density at radius 2 is 1.83 bits per heavy atom. The van der Waals surface area contributed by atoms with Crippen LogP contribution in [0.15, 0.2) is 66.4 Å². The van der Waals surface area contributed by atoms with E-state index in [4.69, 9.17) is 0 Å². The molecule has 96 valence electrons. The lowest BCUT2D eigenvalue weighted by Gasteiger charge is -2.13. The molecular formula is C17H23N. The maximum absolute atomic E-state index is 4.04. The summed E-state index contributed by atoms with van der Waals surface area (Å²) in [6.07, 6.45) is 3.14. The van der Waals surface area contributed by atoms with E-state index in [9.17, 15) is 0 Å². The minimum atomic E-state index is 0.511. The molecule has 1 nitrogen and oxygen atoms in total. The Balaban J connectivity index is 2.60. The second-order valence-electron chi connectivity index (χ2n) is 4.97. The zero-order valence-electron chi connectivity index (χ0n) is 11.7. The Labute approximate surface area is 111 Å². The summed E-state index contributed by atoms with van der Waals surface area (Å²) in [5.41, 5.74) is 4.54. The van der Waals surface area contributed by atoms with Gasteiger partial charge in [0.1, 0.15) is 0 Å². The topological polar surface area (TPSA) is 12.0 Å². The summed E-state index contributed by atoms with van der Waals surface area (Å²) in [6, 6.07) is 10.1. The third kappa shape index (κ3) is 5.05. The van der Waals surface area contributed by atoms with Crippen molar-refractivity contribution in [1.29, 1.82) is 0 Å². The Morgan fingerprint density at radius 3 is 2.39 bits per heavy atom. The molecule has 1 atom stereocenters. The van der Waals surface area contributed by atoms with Crippen LogP contribution in [0.3, 0.4) is 0 Å². The third-order valence-electron chi connectivity index (χ3n) is 2.91. The molecule has 0 aliphatic rings. The minimum absolute atomic E-state index is 0.511. The molecule has 0 spiro atoms. The van der Waals surface area contributed by atoms with Crippen molar-refractivity contribution < 1.29 is 0 Å². The van der Waals surface area contributed by atoms with Gasteiger partial charge in [-0.05, 0) is 44.4 Å². The van der Waals surface area contributed by atoms with Gasteiger partial charge >= 0.3 is 0 Å². The van der Waals surface area contributed by atoms with Gasteiger partial charge < -0.3 is 5.32 Å². The number of benzene rings is 1. The molecule has 0 radical (unpaired) electrons. The molecule has 1 N–H and O–H groups in total. The van der Waals surface area contributed by atoms with Gasteiger partial charge in [0, 0.05) is 11.4 Å².